The second-order valence-corrected chi connectivity index (χ2v) is 3.49. The first kappa shape index (κ1) is 10.5. The zero-order chi connectivity index (χ0) is 9.68. The third-order valence-electron chi connectivity index (χ3n) is 2.65. The van der Waals surface area contributed by atoms with Gasteiger partial charge in [0.1, 0.15) is 6.04 Å². The van der Waals surface area contributed by atoms with E-state index in [2.05, 4.69) is 12.2 Å². The second kappa shape index (κ2) is 5.22. The summed E-state index contributed by atoms with van der Waals surface area (Å²) in [5.41, 5.74) is 0. The van der Waals surface area contributed by atoms with Crippen LogP contribution in [0.2, 0.25) is 0 Å². The van der Waals surface area contributed by atoms with Gasteiger partial charge in [-0.3, -0.25) is 4.79 Å². The highest BCUT2D eigenvalue weighted by molar-refractivity contribution is 5.76. The molecule has 1 rings (SSSR count). The number of carbonyl (C=O) groups excluding carboxylic acids is 1. The van der Waals surface area contributed by atoms with Crippen molar-refractivity contribution in [2.24, 2.45) is 5.92 Å². The molecule has 1 heterocycles. The quantitative estimate of drug-likeness (QED) is 0.674. The van der Waals surface area contributed by atoms with Crippen LogP contribution in [0.25, 0.3) is 0 Å². The summed E-state index contributed by atoms with van der Waals surface area (Å²) >= 11 is 0. The molecule has 0 unspecified atom stereocenters. The Labute approximate surface area is 79.8 Å². The van der Waals surface area contributed by atoms with Crippen molar-refractivity contribution in [1.29, 1.82) is 0 Å². The van der Waals surface area contributed by atoms with Gasteiger partial charge in [-0.15, -0.1) is 0 Å². The first-order chi connectivity index (χ1) is 6.29. The fraction of sp³-hybridized carbons (Fsp3) is 0.900. The minimum Gasteiger partial charge on any atom is -0.465 e. The van der Waals surface area contributed by atoms with Gasteiger partial charge in [-0.05, 0) is 32.2 Å². The highest BCUT2D eigenvalue weighted by Crippen LogP contribution is 2.20. The van der Waals surface area contributed by atoms with Gasteiger partial charge in [0.25, 0.3) is 0 Å². The summed E-state index contributed by atoms with van der Waals surface area (Å²) in [6, 6.07) is -0.0568. The number of hydrogen-bond acceptors (Lipinski definition) is 3. The molecule has 0 bridgehead atoms. The molecule has 0 saturated carbocycles. The molecule has 1 aliphatic rings. The Hall–Kier alpha value is -0.570. The molecule has 0 aromatic heterocycles. The zero-order valence-corrected chi connectivity index (χ0v) is 8.51. The fourth-order valence-corrected chi connectivity index (χ4v) is 1.90. The van der Waals surface area contributed by atoms with Gasteiger partial charge < -0.3 is 10.1 Å². The summed E-state index contributed by atoms with van der Waals surface area (Å²) in [7, 11) is 0. The van der Waals surface area contributed by atoms with Crippen LogP contribution < -0.4 is 5.32 Å². The Morgan fingerprint density at radius 1 is 1.54 bits per heavy atom. The van der Waals surface area contributed by atoms with Crippen LogP contribution in [0.1, 0.15) is 33.1 Å². The van der Waals surface area contributed by atoms with Gasteiger partial charge in [0.05, 0.1) is 6.61 Å². The van der Waals surface area contributed by atoms with Gasteiger partial charge in [-0.1, -0.05) is 13.3 Å². The summed E-state index contributed by atoms with van der Waals surface area (Å²) in [6.07, 6.45) is 3.37. The summed E-state index contributed by atoms with van der Waals surface area (Å²) in [4.78, 5) is 11.5. The van der Waals surface area contributed by atoms with Crippen LogP contribution in [0.4, 0.5) is 0 Å². The molecule has 76 valence electrons. The van der Waals surface area contributed by atoms with E-state index in [0.29, 0.717) is 12.5 Å². The van der Waals surface area contributed by atoms with Crippen LogP contribution in [0.3, 0.4) is 0 Å². The third kappa shape index (κ3) is 2.69. The Morgan fingerprint density at radius 2 is 2.31 bits per heavy atom. The van der Waals surface area contributed by atoms with E-state index in [0.717, 1.165) is 19.4 Å². The smallest absolute Gasteiger partial charge is 0.323 e. The van der Waals surface area contributed by atoms with Crippen molar-refractivity contribution >= 4 is 5.97 Å². The maximum Gasteiger partial charge on any atom is 0.323 e. The van der Waals surface area contributed by atoms with Crippen molar-refractivity contribution in [1.82, 2.24) is 5.32 Å². The molecule has 3 nitrogen and oxygen atoms in total. The molecule has 0 aromatic rings. The molecule has 0 aliphatic carbocycles. The average molecular weight is 185 g/mol. The number of piperidine rings is 1. The van der Waals surface area contributed by atoms with E-state index in [9.17, 15) is 4.79 Å². The molecule has 0 amide bonds. The lowest BCUT2D eigenvalue weighted by Crippen LogP contribution is -2.47. The zero-order valence-electron chi connectivity index (χ0n) is 8.51. The van der Waals surface area contributed by atoms with Crippen LogP contribution in [0.5, 0.6) is 0 Å². The standard InChI is InChI=1S/C10H19NO2/c1-3-8-6-5-7-11-9(8)10(12)13-4-2/h8-9,11H,3-7H2,1-2H3/t8-,9+/m0/s1. The maximum absolute atomic E-state index is 11.5. The molecule has 1 aliphatic heterocycles. The summed E-state index contributed by atoms with van der Waals surface area (Å²) in [5, 5.41) is 3.23. The van der Waals surface area contributed by atoms with Gasteiger partial charge >= 0.3 is 5.97 Å². The van der Waals surface area contributed by atoms with Crippen LogP contribution in [-0.2, 0) is 9.53 Å². The van der Waals surface area contributed by atoms with E-state index in [1.54, 1.807) is 0 Å². The second-order valence-electron chi connectivity index (χ2n) is 3.49. The van der Waals surface area contributed by atoms with Gasteiger partial charge in [-0.2, -0.15) is 0 Å². The van der Waals surface area contributed by atoms with E-state index in [1.165, 1.54) is 6.42 Å². The number of carbonyl (C=O) groups is 1. The van der Waals surface area contributed by atoms with E-state index in [-0.39, 0.29) is 12.0 Å². The molecule has 1 fully saturated rings. The van der Waals surface area contributed by atoms with Crippen molar-refractivity contribution in [3.63, 3.8) is 0 Å². The SMILES string of the molecule is CCOC(=O)[C@@H]1NCCC[C@@H]1CC. The van der Waals surface area contributed by atoms with Crippen LogP contribution in [0.15, 0.2) is 0 Å². The molecule has 3 heteroatoms. The van der Waals surface area contributed by atoms with E-state index in [4.69, 9.17) is 4.74 Å². The van der Waals surface area contributed by atoms with Gasteiger partial charge in [-0.25, -0.2) is 0 Å². The molecule has 13 heavy (non-hydrogen) atoms. The van der Waals surface area contributed by atoms with Crippen molar-refractivity contribution in [3.05, 3.63) is 0 Å². The van der Waals surface area contributed by atoms with Gasteiger partial charge in [0.2, 0.25) is 0 Å². The van der Waals surface area contributed by atoms with Crippen molar-refractivity contribution in [2.45, 2.75) is 39.2 Å². The lowest BCUT2D eigenvalue weighted by molar-refractivity contribution is -0.147. The molecule has 0 aromatic carbocycles. The molecule has 0 radical (unpaired) electrons. The Kier molecular flexibility index (Phi) is 4.22. The summed E-state index contributed by atoms with van der Waals surface area (Å²) in [6.45, 7) is 5.40. The highest BCUT2D eigenvalue weighted by Gasteiger charge is 2.30. The van der Waals surface area contributed by atoms with E-state index < -0.39 is 0 Å². The van der Waals surface area contributed by atoms with Crippen LogP contribution in [-0.4, -0.2) is 25.2 Å². The van der Waals surface area contributed by atoms with E-state index in [1.807, 2.05) is 6.92 Å². The number of esters is 1. The molecular weight excluding hydrogens is 166 g/mol. The summed E-state index contributed by atoms with van der Waals surface area (Å²) < 4.78 is 5.01. The minimum absolute atomic E-state index is 0.0568. The molecular formula is C10H19NO2. The highest BCUT2D eigenvalue weighted by atomic mass is 16.5. The molecule has 2 atom stereocenters. The Bertz CT molecular complexity index is 170. The number of hydrogen-bond donors (Lipinski definition) is 1. The monoisotopic (exact) mass is 185 g/mol. The Balaban J connectivity index is 2.48. The lowest BCUT2D eigenvalue weighted by Gasteiger charge is -2.29. The summed E-state index contributed by atoms with van der Waals surface area (Å²) in [5.74, 6) is 0.391. The van der Waals surface area contributed by atoms with Crippen LogP contribution in [0, 0.1) is 5.92 Å². The number of nitrogens with one attached hydrogen (secondary N) is 1. The first-order valence-corrected chi connectivity index (χ1v) is 5.19. The third-order valence-corrected chi connectivity index (χ3v) is 2.65. The topological polar surface area (TPSA) is 38.3 Å². The predicted octanol–water partition coefficient (Wildman–Crippen LogP) is 1.33. The van der Waals surface area contributed by atoms with E-state index >= 15 is 0 Å². The van der Waals surface area contributed by atoms with Crippen molar-refractivity contribution < 1.29 is 9.53 Å². The molecule has 1 N–H and O–H groups in total. The normalized spacial score (nSPS) is 28.5. The largest absolute Gasteiger partial charge is 0.465 e. The van der Waals surface area contributed by atoms with Crippen LogP contribution >= 0.6 is 0 Å². The first-order valence-electron chi connectivity index (χ1n) is 5.19. The average Bonchev–Trinajstić information content (AvgIpc) is 2.18. The molecule has 0 spiro atoms. The number of ether oxygens (including phenoxy) is 1. The predicted molar refractivity (Wildman–Crippen MR) is 51.4 cm³/mol. The number of rotatable bonds is 3. The fourth-order valence-electron chi connectivity index (χ4n) is 1.90. The van der Waals surface area contributed by atoms with Gasteiger partial charge in [0, 0.05) is 0 Å². The lowest BCUT2D eigenvalue weighted by atomic mass is 9.89. The molecule has 1 saturated heterocycles. The van der Waals surface area contributed by atoms with Crippen molar-refractivity contribution in [2.75, 3.05) is 13.2 Å². The minimum atomic E-state index is -0.0750. The Morgan fingerprint density at radius 3 is 2.92 bits per heavy atom. The van der Waals surface area contributed by atoms with Gasteiger partial charge in [0.15, 0.2) is 0 Å². The maximum atomic E-state index is 11.5. The van der Waals surface area contributed by atoms with Crippen molar-refractivity contribution in [3.8, 4) is 0 Å².